The molecule has 0 amide bonds. The normalized spacial score (nSPS) is 11.4. The van der Waals surface area contributed by atoms with Crippen molar-refractivity contribution >= 4 is 25.4 Å². The van der Waals surface area contributed by atoms with Crippen LogP contribution >= 0.6 is 10.7 Å². The minimum Gasteiger partial charge on any atom is -0.484 e. The average molecular weight is 342 g/mol. The molecule has 0 atom stereocenters. The zero-order valence-electron chi connectivity index (χ0n) is 11.0. The third kappa shape index (κ3) is 5.10. The molecular formula is C11H13ClFNO6S. The molecule has 0 unspecified atom stereocenters. The van der Waals surface area contributed by atoms with Crippen LogP contribution in [0.15, 0.2) is 17.0 Å². The second kappa shape index (κ2) is 7.53. The van der Waals surface area contributed by atoms with Crippen molar-refractivity contribution in [3.63, 3.8) is 0 Å². The van der Waals surface area contributed by atoms with Gasteiger partial charge in [0.1, 0.15) is 17.3 Å². The molecular weight excluding hydrogens is 329 g/mol. The molecule has 0 fully saturated rings. The predicted molar refractivity (Wildman–Crippen MR) is 72.7 cm³/mol. The van der Waals surface area contributed by atoms with Gasteiger partial charge in [-0.15, -0.1) is 0 Å². The molecule has 0 saturated heterocycles. The van der Waals surface area contributed by atoms with Gasteiger partial charge in [-0.3, -0.25) is 10.1 Å². The Balaban J connectivity index is 2.99. The third-order valence-corrected chi connectivity index (χ3v) is 3.64. The summed E-state index contributed by atoms with van der Waals surface area (Å²) < 4.78 is 46.0. The molecule has 1 rings (SSSR count). The highest BCUT2D eigenvalue weighted by Crippen LogP contribution is 2.33. The molecule has 0 heterocycles. The van der Waals surface area contributed by atoms with Crippen LogP contribution in [0.25, 0.3) is 0 Å². The first-order chi connectivity index (χ1) is 9.77. The van der Waals surface area contributed by atoms with Gasteiger partial charge in [-0.05, 0) is 6.42 Å². The fourth-order valence-corrected chi connectivity index (χ4v) is 2.33. The van der Waals surface area contributed by atoms with Crippen molar-refractivity contribution < 1.29 is 27.2 Å². The molecule has 0 radical (unpaired) electrons. The van der Waals surface area contributed by atoms with E-state index in [0.29, 0.717) is 18.7 Å². The van der Waals surface area contributed by atoms with Crippen LogP contribution in [0.2, 0.25) is 0 Å². The number of benzene rings is 1. The summed E-state index contributed by atoms with van der Waals surface area (Å²) in [6.45, 7) is 2.55. The average Bonchev–Trinajstić information content (AvgIpc) is 2.36. The number of hydrogen-bond acceptors (Lipinski definition) is 6. The first-order valence-corrected chi connectivity index (χ1v) is 8.21. The largest absolute Gasteiger partial charge is 0.484 e. The monoisotopic (exact) mass is 341 g/mol. The van der Waals surface area contributed by atoms with E-state index in [2.05, 4.69) is 0 Å². The maximum absolute atomic E-state index is 13.6. The second-order valence-electron chi connectivity index (χ2n) is 3.91. The molecule has 1 aromatic carbocycles. The van der Waals surface area contributed by atoms with Crippen LogP contribution in [-0.4, -0.2) is 33.2 Å². The molecule has 0 aliphatic rings. The van der Waals surface area contributed by atoms with E-state index in [1.165, 1.54) is 0 Å². The Morgan fingerprint density at radius 2 is 2.00 bits per heavy atom. The topological polar surface area (TPSA) is 95.7 Å². The van der Waals surface area contributed by atoms with Gasteiger partial charge in [0.05, 0.1) is 11.5 Å². The standard InChI is InChI=1S/C11H13ClFNO6S/c1-2-3-19-4-5-20-10-6-8(13)11(21(12,17)18)7-9(10)14(15)16/h6-7H,2-5H2,1H3. The summed E-state index contributed by atoms with van der Waals surface area (Å²) in [6.07, 6.45) is 0.803. The molecule has 0 spiro atoms. The van der Waals surface area contributed by atoms with Crippen molar-refractivity contribution in [2.45, 2.75) is 18.2 Å². The van der Waals surface area contributed by atoms with Crippen molar-refractivity contribution in [2.75, 3.05) is 19.8 Å². The first-order valence-electron chi connectivity index (χ1n) is 5.90. The van der Waals surface area contributed by atoms with E-state index in [4.69, 9.17) is 20.2 Å². The zero-order chi connectivity index (χ0) is 16.0. The van der Waals surface area contributed by atoms with E-state index in [1.54, 1.807) is 0 Å². The number of halogens is 2. The lowest BCUT2D eigenvalue weighted by Crippen LogP contribution is -2.09. The predicted octanol–water partition coefficient (Wildman–Crippen LogP) is 2.47. The molecule has 118 valence electrons. The van der Waals surface area contributed by atoms with Crippen LogP contribution in [0.5, 0.6) is 5.75 Å². The van der Waals surface area contributed by atoms with Crippen molar-refractivity contribution in [2.24, 2.45) is 0 Å². The number of ether oxygens (including phenoxy) is 2. The van der Waals surface area contributed by atoms with Crippen molar-refractivity contribution in [3.05, 3.63) is 28.1 Å². The molecule has 0 bridgehead atoms. The smallest absolute Gasteiger partial charge is 0.312 e. The van der Waals surface area contributed by atoms with Gasteiger partial charge in [-0.1, -0.05) is 6.92 Å². The van der Waals surface area contributed by atoms with Crippen LogP contribution in [0, 0.1) is 15.9 Å². The lowest BCUT2D eigenvalue weighted by Gasteiger charge is -2.08. The molecule has 0 N–H and O–H groups in total. The van der Waals surface area contributed by atoms with Gasteiger partial charge >= 0.3 is 5.69 Å². The van der Waals surface area contributed by atoms with Crippen molar-refractivity contribution in [3.8, 4) is 5.75 Å². The SMILES string of the molecule is CCCOCCOc1cc(F)c(S(=O)(=O)Cl)cc1[N+](=O)[O-]. The summed E-state index contributed by atoms with van der Waals surface area (Å²) in [4.78, 5) is 9.03. The summed E-state index contributed by atoms with van der Waals surface area (Å²) in [7, 11) is 0.577. The van der Waals surface area contributed by atoms with E-state index in [1.807, 2.05) is 6.92 Å². The lowest BCUT2D eigenvalue weighted by molar-refractivity contribution is -0.386. The highest BCUT2D eigenvalue weighted by Gasteiger charge is 2.25. The Morgan fingerprint density at radius 1 is 1.33 bits per heavy atom. The van der Waals surface area contributed by atoms with Crippen LogP contribution < -0.4 is 4.74 Å². The van der Waals surface area contributed by atoms with Gasteiger partial charge in [0.15, 0.2) is 5.75 Å². The summed E-state index contributed by atoms with van der Waals surface area (Å²) in [6, 6.07) is 1.15. The Labute approximate surface area is 125 Å². The first kappa shape index (κ1) is 17.6. The Bertz CT molecular complexity index is 621. The molecule has 10 heteroatoms. The van der Waals surface area contributed by atoms with Crippen LogP contribution in [-0.2, 0) is 13.8 Å². The van der Waals surface area contributed by atoms with E-state index in [0.717, 1.165) is 6.42 Å². The summed E-state index contributed by atoms with van der Waals surface area (Å²) >= 11 is 0. The molecule has 21 heavy (non-hydrogen) atoms. The number of nitro groups is 1. The maximum Gasteiger partial charge on any atom is 0.312 e. The number of nitrogens with zero attached hydrogens (tertiary/aromatic N) is 1. The molecule has 0 aromatic heterocycles. The van der Waals surface area contributed by atoms with Crippen LogP contribution in [0.1, 0.15) is 13.3 Å². The van der Waals surface area contributed by atoms with E-state index < -0.39 is 30.4 Å². The maximum atomic E-state index is 13.6. The lowest BCUT2D eigenvalue weighted by atomic mass is 10.3. The van der Waals surface area contributed by atoms with E-state index >= 15 is 0 Å². The molecule has 0 aliphatic carbocycles. The van der Waals surface area contributed by atoms with Gasteiger partial charge in [-0.2, -0.15) is 0 Å². The van der Waals surface area contributed by atoms with Crippen molar-refractivity contribution in [1.29, 1.82) is 0 Å². The fourth-order valence-electron chi connectivity index (χ4n) is 1.43. The summed E-state index contributed by atoms with van der Waals surface area (Å²) in [5.74, 6) is -1.61. The van der Waals surface area contributed by atoms with Gasteiger partial charge in [0, 0.05) is 29.4 Å². The number of nitro benzene ring substituents is 1. The van der Waals surface area contributed by atoms with Crippen LogP contribution in [0.3, 0.4) is 0 Å². The minimum atomic E-state index is -4.43. The molecule has 1 aromatic rings. The van der Waals surface area contributed by atoms with Gasteiger partial charge < -0.3 is 9.47 Å². The van der Waals surface area contributed by atoms with Gasteiger partial charge in [-0.25, -0.2) is 12.8 Å². The zero-order valence-corrected chi connectivity index (χ0v) is 12.6. The molecule has 0 saturated carbocycles. The third-order valence-electron chi connectivity index (χ3n) is 2.31. The summed E-state index contributed by atoms with van der Waals surface area (Å²) in [5, 5.41) is 10.9. The molecule has 0 aliphatic heterocycles. The highest BCUT2D eigenvalue weighted by atomic mass is 35.7. The van der Waals surface area contributed by atoms with Crippen LogP contribution in [0.4, 0.5) is 10.1 Å². The second-order valence-corrected chi connectivity index (χ2v) is 6.44. The highest BCUT2D eigenvalue weighted by molar-refractivity contribution is 8.13. The Kier molecular flexibility index (Phi) is 6.31. The quantitative estimate of drug-likeness (QED) is 0.312. The molecule has 7 nitrogen and oxygen atoms in total. The Morgan fingerprint density at radius 3 is 2.52 bits per heavy atom. The van der Waals surface area contributed by atoms with Gasteiger partial charge in [0.25, 0.3) is 9.05 Å². The minimum absolute atomic E-state index is 0.0345. The van der Waals surface area contributed by atoms with E-state index in [9.17, 15) is 22.9 Å². The number of hydrogen-bond donors (Lipinski definition) is 0. The van der Waals surface area contributed by atoms with Crippen molar-refractivity contribution in [1.82, 2.24) is 0 Å². The van der Waals surface area contributed by atoms with Gasteiger partial charge in [0.2, 0.25) is 0 Å². The fraction of sp³-hybridized carbons (Fsp3) is 0.455. The van der Waals surface area contributed by atoms with E-state index in [-0.39, 0.29) is 19.0 Å². The summed E-state index contributed by atoms with van der Waals surface area (Å²) in [5.41, 5.74) is -0.689. The Hall–Kier alpha value is -1.45. The number of rotatable bonds is 8.